The molecule has 1 atom stereocenters. The molecule has 1 N–H and O–H groups in total. The van der Waals surface area contributed by atoms with Gasteiger partial charge in [0.15, 0.2) is 6.10 Å². The van der Waals surface area contributed by atoms with Crippen LogP contribution in [0, 0.1) is 0 Å². The van der Waals surface area contributed by atoms with Crippen LogP contribution < -0.4 is 10.1 Å². The van der Waals surface area contributed by atoms with Gasteiger partial charge in [-0.05, 0) is 48.9 Å². The summed E-state index contributed by atoms with van der Waals surface area (Å²) in [5.74, 6) is -0.652. The molecule has 0 saturated heterocycles. The second-order valence-electron chi connectivity index (χ2n) is 5.30. The number of amides is 1. The van der Waals surface area contributed by atoms with Crippen LogP contribution in [-0.2, 0) is 14.3 Å². The number of nitrogens with one attached hydrogen (secondary N) is 1. The van der Waals surface area contributed by atoms with E-state index in [-0.39, 0.29) is 0 Å². The first-order valence-electron chi connectivity index (χ1n) is 7.67. The van der Waals surface area contributed by atoms with E-state index in [0.717, 1.165) is 10.0 Å². The third kappa shape index (κ3) is 5.89. The molecule has 5 nitrogen and oxygen atoms in total. The first kappa shape index (κ1) is 20.0. The Morgan fingerprint density at radius 1 is 1.19 bits per heavy atom. The van der Waals surface area contributed by atoms with E-state index >= 15 is 0 Å². The molecule has 0 saturated carbocycles. The first-order chi connectivity index (χ1) is 12.4. The Bertz CT molecular complexity index is 821. The smallest absolute Gasteiger partial charge is 0.331 e. The van der Waals surface area contributed by atoms with E-state index in [0.29, 0.717) is 16.5 Å². The van der Waals surface area contributed by atoms with Gasteiger partial charge in [-0.3, -0.25) is 4.79 Å². The van der Waals surface area contributed by atoms with Gasteiger partial charge in [0.05, 0.1) is 12.8 Å². The van der Waals surface area contributed by atoms with E-state index < -0.39 is 18.0 Å². The number of halogens is 2. The van der Waals surface area contributed by atoms with Gasteiger partial charge in [0.1, 0.15) is 5.75 Å². The van der Waals surface area contributed by atoms with Gasteiger partial charge in [-0.25, -0.2) is 4.79 Å². The first-order valence-corrected chi connectivity index (χ1v) is 8.85. The highest BCUT2D eigenvalue weighted by atomic mass is 79.9. The van der Waals surface area contributed by atoms with Crippen LogP contribution in [0.2, 0.25) is 5.02 Å². The monoisotopic (exact) mass is 437 g/mol. The van der Waals surface area contributed by atoms with Gasteiger partial charge >= 0.3 is 5.97 Å². The van der Waals surface area contributed by atoms with Gasteiger partial charge in [-0.1, -0.05) is 39.7 Å². The highest BCUT2D eigenvalue weighted by Gasteiger charge is 2.18. The third-order valence-corrected chi connectivity index (χ3v) is 4.13. The molecular formula is C19H17BrClNO4. The second kappa shape index (κ2) is 9.40. The van der Waals surface area contributed by atoms with Crippen LogP contribution in [0.5, 0.6) is 5.75 Å². The summed E-state index contributed by atoms with van der Waals surface area (Å²) in [5, 5.41) is 3.08. The SMILES string of the molecule is COc1ccc(Cl)cc1NC(=O)C(C)OC(=O)/C=C/c1ccc(Br)cc1. The number of ether oxygens (including phenoxy) is 2. The molecular weight excluding hydrogens is 422 g/mol. The minimum atomic E-state index is -0.985. The summed E-state index contributed by atoms with van der Waals surface area (Å²) in [4.78, 5) is 24.1. The van der Waals surface area contributed by atoms with Crippen LogP contribution in [0.3, 0.4) is 0 Å². The normalized spacial score (nSPS) is 11.8. The van der Waals surface area contributed by atoms with Crippen molar-refractivity contribution in [1.82, 2.24) is 0 Å². The molecule has 0 spiro atoms. The van der Waals surface area contributed by atoms with E-state index in [1.165, 1.54) is 20.1 Å². The van der Waals surface area contributed by atoms with Gasteiger partial charge in [-0.2, -0.15) is 0 Å². The molecule has 2 aromatic carbocycles. The minimum absolute atomic E-state index is 0.401. The van der Waals surface area contributed by atoms with Gasteiger partial charge in [0.2, 0.25) is 0 Å². The largest absolute Gasteiger partial charge is 0.495 e. The van der Waals surface area contributed by atoms with Gasteiger partial charge in [0, 0.05) is 15.6 Å². The molecule has 2 aromatic rings. The van der Waals surface area contributed by atoms with E-state index in [9.17, 15) is 9.59 Å². The maximum absolute atomic E-state index is 12.2. The Balaban J connectivity index is 1.95. The van der Waals surface area contributed by atoms with Crippen molar-refractivity contribution >= 4 is 51.2 Å². The Hall–Kier alpha value is -2.31. The molecule has 7 heteroatoms. The summed E-state index contributed by atoms with van der Waals surface area (Å²) in [6.45, 7) is 1.48. The fourth-order valence-corrected chi connectivity index (χ4v) is 2.45. The maximum Gasteiger partial charge on any atom is 0.331 e. The van der Waals surface area contributed by atoms with Crippen LogP contribution in [-0.4, -0.2) is 25.1 Å². The molecule has 0 fully saturated rings. The average molecular weight is 439 g/mol. The van der Waals surface area contributed by atoms with E-state index in [1.54, 1.807) is 24.3 Å². The topological polar surface area (TPSA) is 64.6 Å². The molecule has 0 aliphatic heterocycles. The fourth-order valence-electron chi connectivity index (χ4n) is 2.02. The van der Waals surface area contributed by atoms with Crippen molar-refractivity contribution in [3.8, 4) is 5.75 Å². The number of benzene rings is 2. The van der Waals surface area contributed by atoms with Crippen molar-refractivity contribution in [2.45, 2.75) is 13.0 Å². The lowest BCUT2D eigenvalue weighted by atomic mass is 10.2. The standard InChI is InChI=1S/C19H17BrClNO4/c1-12(19(24)22-16-11-15(21)8-9-17(16)25-2)26-18(23)10-5-13-3-6-14(20)7-4-13/h3-12H,1-2H3,(H,22,24)/b10-5+. The lowest BCUT2D eigenvalue weighted by Crippen LogP contribution is -2.29. The van der Waals surface area contributed by atoms with Crippen molar-refractivity contribution < 1.29 is 19.1 Å². The average Bonchev–Trinajstić information content (AvgIpc) is 2.61. The molecule has 1 amide bonds. The van der Waals surface area contributed by atoms with Crippen LogP contribution in [0.15, 0.2) is 53.0 Å². The van der Waals surface area contributed by atoms with Gasteiger partial charge in [-0.15, -0.1) is 0 Å². The number of esters is 1. The number of carbonyl (C=O) groups is 2. The molecule has 0 aromatic heterocycles. The quantitative estimate of drug-likeness (QED) is 0.525. The summed E-state index contributed by atoms with van der Waals surface area (Å²) in [5.41, 5.74) is 1.24. The summed E-state index contributed by atoms with van der Waals surface area (Å²) in [6, 6.07) is 12.2. The molecule has 136 valence electrons. The zero-order chi connectivity index (χ0) is 19.1. The van der Waals surface area contributed by atoms with Crippen LogP contribution in [0.4, 0.5) is 5.69 Å². The summed E-state index contributed by atoms with van der Waals surface area (Å²) < 4.78 is 11.2. The maximum atomic E-state index is 12.2. The minimum Gasteiger partial charge on any atom is -0.495 e. The Kier molecular flexibility index (Phi) is 7.24. The highest BCUT2D eigenvalue weighted by Crippen LogP contribution is 2.27. The van der Waals surface area contributed by atoms with Crippen molar-refractivity contribution in [3.63, 3.8) is 0 Å². The second-order valence-corrected chi connectivity index (χ2v) is 6.65. The number of carbonyl (C=O) groups excluding carboxylic acids is 2. The fraction of sp³-hybridized carbons (Fsp3) is 0.158. The van der Waals surface area contributed by atoms with Crippen molar-refractivity contribution in [2.75, 3.05) is 12.4 Å². The lowest BCUT2D eigenvalue weighted by Gasteiger charge is -2.14. The van der Waals surface area contributed by atoms with E-state index in [2.05, 4.69) is 21.2 Å². The number of anilines is 1. The molecule has 0 radical (unpaired) electrons. The Labute approximate surface area is 165 Å². The molecule has 0 bridgehead atoms. The van der Waals surface area contributed by atoms with Gasteiger partial charge < -0.3 is 14.8 Å². The van der Waals surface area contributed by atoms with Gasteiger partial charge in [0.25, 0.3) is 5.91 Å². The molecule has 0 aliphatic carbocycles. The predicted octanol–water partition coefficient (Wildman–Crippen LogP) is 4.69. The van der Waals surface area contributed by atoms with Crippen LogP contribution in [0.25, 0.3) is 6.08 Å². The van der Waals surface area contributed by atoms with Crippen molar-refractivity contribution in [1.29, 1.82) is 0 Å². The predicted molar refractivity (Wildman–Crippen MR) is 105 cm³/mol. The Morgan fingerprint density at radius 2 is 1.88 bits per heavy atom. The molecule has 1 unspecified atom stereocenters. The summed E-state index contributed by atoms with van der Waals surface area (Å²) in [7, 11) is 1.48. The summed E-state index contributed by atoms with van der Waals surface area (Å²) in [6.07, 6.45) is 1.90. The molecule has 26 heavy (non-hydrogen) atoms. The number of hydrogen-bond donors (Lipinski definition) is 1. The van der Waals surface area contributed by atoms with Crippen molar-refractivity contribution in [3.05, 3.63) is 63.6 Å². The van der Waals surface area contributed by atoms with Crippen LogP contribution >= 0.6 is 27.5 Å². The van der Waals surface area contributed by atoms with Crippen LogP contribution in [0.1, 0.15) is 12.5 Å². The third-order valence-electron chi connectivity index (χ3n) is 3.36. The zero-order valence-electron chi connectivity index (χ0n) is 14.2. The number of hydrogen-bond acceptors (Lipinski definition) is 4. The molecule has 2 rings (SSSR count). The highest BCUT2D eigenvalue weighted by molar-refractivity contribution is 9.10. The number of rotatable bonds is 6. The molecule has 0 aliphatic rings. The Morgan fingerprint density at radius 3 is 2.54 bits per heavy atom. The molecule has 0 heterocycles. The van der Waals surface area contributed by atoms with E-state index in [1.807, 2.05) is 24.3 Å². The summed E-state index contributed by atoms with van der Waals surface area (Å²) >= 11 is 9.26. The van der Waals surface area contributed by atoms with E-state index in [4.69, 9.17) is 21.1 Å². The zero-order valence-corrected chi connectivity index (χ0v) is 16.5. The lowest BCUT2D eigenvalue weighted by molar-refractivity contribution is -0.148. The number of methoxy groups -OCH3 is 1. The van der Waals surface area contributed by atoms with Crippen molar-refractivity contribution in [2.24, 2.45) is 0 Å².